The standard InChI is InChI=1S/C21H19N5O3/c1-13-9-10-17(14(2)11-13)26-24-15(3)19(25-26)21(27)28-12-18-22-23-20(29-18)16-7-5-4-6-8-16/h4-11H,12H2,1-3H3. The van der Waals surface area contributed by atoms with Gasteiger partial charge in [0.05, 0.1) is 11.4 Å². The van der Waals surface area contributed by atoms with Crippen molar-refractivity contribution in [1.29, 1.82) is 0 Å². The number of hydrogen-bond donors (Lipinski definition) is 0. The van der Waals surface area contributed by atoms with Gasteiger partial charge in [0, 0.05) is 5.56 Å². The second kappa shape index (κ2) is 7.67. The average molecular weight is 389 g/mol. The first-order chi connectivity index (χ1) is 14.0. The Bertz CT molecular complexity index is 1160. The van der Waals surface area contributed by atoms with Crippen molar-refractivity contribution in [3.63, 3.8) is 0 Å². The number of benzene rings is 2. The van der Waals surface area contributed by atoms with Crippen molar-refractivity contribution >= 4 is 5.97 Å². The monoisotopic (exact) mass is 389 g/mol. The highest BCUT2D eigenvalue weighted by molar-refractivity contribution is 5.88. The SMILES string of the molecule is Cc1ccc(-n2nc(C)c(C(=O)OCc3nnc(-c4ccccc4)o3)n2)c(C)c1. The minimum absolute atomic E-state index is 0.144. The molecule has 0 aliphatic heterocycles. The van der Waals surface area contributed by atoms with Gasteiger partial charge in [-0.2, -0.15) is 9.90 Å². The maximum absolute atomic E-state index is 12.5. The van der Waals surface area contributed by atoms with E-state index in [0.717, 1.165) is 22.4 Å². The molecule has 0 aliphatic carbocycles. The summed E-state index contributed by atoms with van der Waals surface area (Å²) >= 11 is 0. The Kier molecular flexibility index (Phi) is 4.90. The normalized spacial score (nSPS) is 10.9. The Labute approximate surface area is 167 Å². The topological polar surface area (TPSA) is 95.9 Å². The Morgan fingerprint density at radius 3 is 2.59 bits per heavy atom. The van der Waals surface area contributed by atoms with Crippen LogP contribution in [0.5, 0.6) is 0 Å². The third kappa shape index (κ3) is 3.91. The lowest BCUT2D eigenvalue weighted by Crippen LogP contribution is -2.09. The van der Waals surface area contributed by atoms with E-state index in [1.54, 1.807) is 6.92 Å². The van der Waals surface area contributed by atoms with Crippen molar-refractivity contribution in [3.05, 3.63) is 76.9 Å². The van der Waals surface area contributed by atoms with Crippen molar-refractivity contribution in [2.45, 2.75) is 27.4 Å². The molecule has 0 aliphatic rings. The number of ether oxygens (including phenoxy) is 1. The molecular weight excluding hydrogens is 370 g/mol. The van der Waals surface area contributed by atoms with E-state index >= 15 is 0 Å². The van der Waals surface area contributed by atoms with Crippen molar-refractivity contribution in [3.8, 4) is 17.1 Å². The van der Waals surface area contributed by atoms with Gasteiger partial charge in [-0.15, -0.1) is 15.3 Å². The van der Waals surface area contributed by atoms with Gasteiger partial charge in [-0.1, -0.05) is 35.9 Å². The van der Waals surface area contributed by atoms with E-state index in [1.165, 1.54) is 4.80 Å². The molecule has 4 rings (SSSR count). The van der Waals surface area contributed by atoms with Gasteiger partial charge >= 0.3 is 5.97 Å². The summed E-state index contributed by atoms with van der Waals surface area (Å²) in [6.07, 6.45) is 0. The molecule has 0 radical (unpaired) electrons. The average Bonchev–Trinajstić information content (AvgIpc) is 3.34. The van der Waals surface area contributed by atoms with Crippen LogP contribution in [0.4, 0.5) is 0 Å². The van der Waals surface area contributed by atoms with Crippen LogP contribution >= 0.6 is 0 Å². The van der Waals surface area contributed by atoms with Crippen LogP contribution in [0.3, 0.4) is 0 Å². The first-order valence-electron chi connectivity index (χ1n) is 9.08. The van der Waals surface area contributed by atoms with E-state index in [1.807, 2.05) is 62.4 Å². The first kappa shape index (κ1) is 18.5. The Morgan fingerprint density at radius 1 is 1.03 bits per heavy atom. The van der Waals surface area contributed by atoms with Gasteiger partial charge in [0.1, 0.15) is 0 Å². The van der Waals surface area contributed by atoms with Crippen LogP contribution in [0.25, 0.3) is 17.1 Å². The van der Waals surface area contributed by atoms with E-state index in [9.17, 15) is 4.79 Å². The molecule has 0 N–H and O–H groups in total. The molecule has 8 heteroatoms. The molecule has 0 saturated heterocycles. The minimum atomic E-state index is -0.599. The van der Waals surface area contributed by atoms with Gasteiger partial charge in [-0.3, -0.25) is 0 Å². The van der Waals surface area contributed by atoms with Gasteiger partial charge < -0.3 is 9.15 Å². The highest BCUT2D eigenvalue weighted by Crippen LogP contribution is 2.18. The van der Waals surface area contributed by atoms with Crippen LogP contribution in [-0.2, 0) is 11.3 Å². The van der Waals surface area contributed by atoms with Crippen molar-refractivity contribution in [2.24, 2.45) is 0 Å². The molecule has 0 fully saturated rings. The molecule has 0 bridgehead atoms. The number of aromatic nitrogens is 5. The van der Waals surface area contributed by atoms with Crippen molar-refractivity contribution in [1.82, 2.24) is 25.2 Å². The predicted octanol–water partition coefficient (Wildman–Crippen LogP) is 3.60. The zero-order chi connectivity index (χ0) is 20.4. The maximum atomic E-state index is 12.5. The van der Waals surface area contributed by atoms with Gasteiger partial charge in [0.15, 0.2) is 12.3 Å². The molecule has 0 unspecified atom stereocenters. The Balaban J connectivity index is 1.47. The van der Waals surface area contributed by atoms with Crippen LogP contribution in [0.1, 0.15) is 33.2 Å². The molecular formula is C21H19N5O3. The van der Waals surface area contributed by atoms with Gasteiger partial charge in [0.2, 0.25) is 5.89 Å². The molecule has 2 aromatic heterocycles. The number of carbonyl (C=O) groups excluding carboxylic acids is 1. The number of rotatable bonds is 5. The molecule has 29 heavy (non-hydrogen) atoms. The fourth-order valence-electron chi connectivity index (χ4n) is 2.91. The Morgan fingerprint density at radius 2 is 1.83 bits per heavy atom. The fraction of sp³-hybridized carbons (Fsp3) is 0.190. The molecule has 0 saturated carbocycles. The summed E-state index contributed by atoms with van der Waals surface area (Å²) in [6.45, 7) is 5.55. The van der Waals surface area contributed by atoms with Crippen molar-refractivity contribution in [2.75, 3.05) is 0 Å². The lowest BCUT2D eigenvalue weighted by molar-refractivity contribution is 0.0430. The zero-order valence-corrected chi connectivity index (χ0v) is 16.3. The van der Waals surface area contributed by atoms with Crippen LogP contribution in [-0.4, -0.2) is 31.2 Å². The summed E-state index contributed by atoms with van der Waals surface area (Å²) in [5.41, 5.74) is 4.38. The summed E-state index contributed by atoms with van der Waals surface area (Å²) in [6, 6.07) is 15.3. The molecule has 2 aromatic carbocycles. The van der Waals surface area contributed by atoms with Crippen LogP contribution in [0.2, 0.25) is 0 Å². The van der Waals surface area contributed by atoms with Crippen molar-refractivity contribution < 1.29 is 13.9 Å². The highest BCUT2D eigenvalue weighted by atomic mass is 16.5. The summed E-state index contributed by atoms with van der Waals surface area (Å²) < 4.78 is 10.8. The second-order valence-corrected chi connectivity index (χ2v) is 6.66. The largest absolute Gasteiger partial charge is 0.451 e. The first-order valence-corrected chi connectivity index (χ1v) is 9.08. The van der Waals surface area contributed by atoms with Crippen LogP contribution in [0, 0.1) is 20.8 Å². The lowest BCUT2D eigenvalue weighted by Gasteiger charge is -2.04. The molecule has 4 aromatic rings. The van der Waals surface area contributed by atoms with Crippen LogP contribution in [0.15, 0.2) is 52.9 Å². The van der Waals surface area contributed by atoms with E-state index in [-0.39, 0.29) is 18.2 Å². The van der Waals surface area contributed by atoms with Gasteiger partial charge in [0.25, 0.3) is 5.89 Å². The molecule has 8 nitrogen and oxygen atoms in total. The molecule has 2 heterocycles. The van der Waals surface area contributed by atoms with Gasteiger partial charge in [-0.25, -0.2) is 4.79 Å². The highest BCUT2D eigenvalue weighted by Gasteiger charge is 2.20. The molecule has 0 amide bonds. The number of hydrogen-bond acceptors (Lipinski definition) is 7. The Hall–Kier alpha value is -3.81. The van der Waals surface area contributed by atoms with E-state index in [0.29, 0.717) is 11.6 Å². The molecule has 0 atom stereocenters. The summed E-state index contributed by atoms with van der Waals surface area (Å²) in [5, 5.41) is 16.5. The predicted molar refractivity (Wildman–Crippen MR) is 104 cm³/mol. The van der Waals surface area contributed by atoms with Crippen LogP contribution < -0.4 is 0 Å². The number of aryl methyl sites for hydroxylation is 3. The second-order valence-electron chi connectivity index (χ2n) is 6.66. The molecule has 146 valence electrons. The third-order valence-electron chi connectivity index (χ3n) is 4.36. The quantitative estimate of drug-likeness (QED) is 0.481. The lowest BCUT2D eigenvalue weighted by atomic mass is 10.1. The maximum Gasteiger partial charge on any atom is 0.361 e. The number of esters is 1. The summed E-state index contributed by atoms with van der Waals surface area (Å²) in [5.74, 6) is -0.0248. The number of nitrogens with zero attached hydrogens (tertiary/aromatic N) is 5. The molecule has 0 spiro atoms. The fourth-order valence-corrected chi connectivity index (χ4v) is 2.91. The van der Waals surface area contributed by atoms with Gasteiger partial charge in [-0.05, 0) is 44.5 Å². The van der Waals surface area contributed by atoms with E-state index in [2.05, 4.69) is 20.4 Å². The zero-order valence-electron chi connectivity index (χ0n) is 16.3. The third-order valence-corrected chi connectivity index (χ3v) is 4.36. The number of carbonyl (C=O) groups is 1. The minimum Gasteiger partial charge on any atom is -0.451 e. The van der Waals surface area contributed by atoms with E-state index < -0.39 is 5.97 Å². The smallest absolute Gasteiger partial charge is 0.361 e. The summed E-state index contributed by atoms with van der Waals surface area (Å²) in [4.78, 5) is 13.9. The van der Waals surface area contributed by atoms with E-state index in [4.69, 9.17) is 9.15 Å². The summed E-state index contributed by atoms with van der Waals surface area (Å²) in [7, 11) is 0.